The van der Waals surface area contributed by atoms with Gasteiger partial charge in [-0.3, -0.25) is 0 Å². The lowest BCUT2D eigenvalue weighted by atomic mass is 10.1. The second kappa shape index (κ2) is 5.72. The molecule has 0 radical (unpaired) electrons. The van der Waals surface area contributed by atoms with Crippen LogP contribution in [0.3, 0.4) is 0 Å². The largest absolute Gasteiger partial charge is 0.248 e. The van der Waals surface area contributed by atoms with Gasteiger partial charge in [0.25, 0.3) is 0 Å². The minimum Gasteiger partial charge on any atom is -0.248 e. The average molecular weight is 261 g/mol. The van der Waals surface area contributed by atoms with Gasteiger partial charge in [-0.05, 0) is 23.8 Å². The summed E-state index contributed by atoms with van der Waals surface area (Å²) in [6, 6.07) is 13.5. The van der Waals surface area contributed by atoms with Crippen LogP contribution >= 0.6 is 23.4 Å². The van der Waals surface area contributed by atoms with Crippen molar-refractivity contribution >= 4 is 23.4 Å². The Kier molecular flexibility index (Phi) is 4.03. The molecule has 2 nitrogen and oxygen atoms in total. The summed E-state index contributed by atoms with van der Waals surface area (Å²) in [5.74, 6) is 0.734. The van der Waals surface area contributed by atoms with Gasteiger partial charge in [-0.1, -0.05) is 29.8 Å². The van der Waals surface area contributed by atoms with Crippen molar-refractivity contribution < 1.29 is 0 Å². The van der Waals surface area contributed by atoms with E-state index in [-0.39, 0.29) is 0 Å². The molecule has 84 valence electrons. The number of benzene rings is 1. The minimum absolute atomic E-state index is 0.631. The van der Waals surface area contributed by atoms with Crippen molar-refractivity contribution in [1.82, 2.24) is 4.98 Å². The maximum atomic E-state index is 8.96. The summed E-state index contributed by atoms with van der Waals surface area (Å²) < 4.78 is 0. The monoisotopic (exact) mass is 260 g/mol. The molecular formula is C13H9ClN2S. The van der Waals surface area contributed by atoms with Crippen molar-refractivity contribution in [3.8, 4) is 6.07 Å². The van der Waals surface area contributed by atoms with Crippen molar-refractivity contribution in [1.29, 1.82) is 5.26 Å². The maximum Gasteiger partial charge on any atom is 0.0994 e. The molecule has 4 heteroatoms. The molecule has 1 aromatic carbocycles. The molecule has 0 N–H and O–H groups in total. The Morgan fingerprint density at radius 3 is 2.76 bits per heavy atom. The van der Waals surface area contributed by atoms with Gasteiger partial charge in [0, 0.05) is 11.9 Å². The smallest absolute Gasteiger partial charge is 0.0994 e. The van der Waals surface area contributed by atoms with E-state index in [1.807, 2.05) is 36.4 Å². The van der Waals surface area contributed by atoms with Crippen molar-refractivity contribution in [3.05, 3.63) is 58.7 Å². The number of thioether (sulfide) groups is 1. The Balaban J connectivity index is 2.08. The molecule has 1 heterocycles. The lowest BCUT2D eigenvalue weighted by Crippen LogP contribution is -1.87. The molecule has 1 aromatic heterocycles. The van der Waals surface area contributed by atoms with Crippen LogP contribution in [0.2, 0.25) is 5.02 Å². The van der Waals surface area contributed by atoms with Gasteiger partial charge in [-0.15, -0.1) is 11.8 Å². The van der Waals surface area contributed by atoms with E-state index in [1.165, 1.54) is 0 Å². The zero-order valence-electron chi connectivity index (χ0n) is 8.93. The molecule has 0 unspecified atom stereocenters. The number of aromatic nitrogens is 1. The summed E-state index contributed by atoms with van der Waals surface area (Å²) >= 11 is 7.35. The molecule has 0 atom stereocenters. The number of pyridine rings is 1. The zero-order valence-corrected chi connectivity index (χ0v) is 10.5. The quantitative estimate of drug-likeness (QED) is 0.786. The first-order valence-electron chi connectivity index (χ1n) is 5.02. The predicted molar refractivity (Wildman–Crippen MR) is 70.0 cm³/mol. The standard InChI is InChI=1S/C13H9ClN2S/c14-12-5-6-13(16-8-12)17-9-11-4-2-1-3-10(11)7-15/h1-6,8H,9H2. The Labute approximate surface area is 109 Å². The van der Waals surface area contributed by atoms with E-state index in [1.54, 1.807) is 18.0 Å². The zero-order chi connectivity index (χ0) is 12.1. The van der Waals surface area contributed by atoms with E-state index in [9.17, 15) is 0 Å². The fourth-order valence-corrected chi connectivity index (χ4v) is 2.31. The first-order valence-corrected chi connectivity index (χ1v) is 6.38. The van der Waals surface area contributed by atoms with Crippen LogP contribution in [-0.2, 0) is 5.75 Å². The summed E-state index contributed by atoms with van der Waals surface area (Å²) in [6.07, 6.45) is 1.63. The van der Waals surface area contributed by atoms with Crippen LogP contribution in [0.25, 0.3) is 0 Å². The Morgan fingerprint density at radius 1 is 1.24 bits per heavy atom. The summed E-state index contributed by atoms with van der Waals surface area (Å²) in [5, 5.41) is 10.5. The van der Waals surface area contributed by atoms with Crippen LogP contribution in [0.1, 0.15) is 11.1 Å². The highest BCUT2D eigenvalue weighted by atomic mass is 35.5. The first kappa shape index (κ1) is 12.0. The predicted octanol–water partition coefficient (Wildman–Crippen LogP) is 3.90. The summed E-state index contributed by atoms with van der Waals surface area (Å²) in [7, 11) is 0. The van der Waals surface area contributed by atoms with E-state index in [2.05, 4.69) is 11.1 Å². The van der Waals surface area contributed by atoms with Gasteiger partial charge in [0.2, 0.25) is 0 Å². The van der Waals surface area contributed by atoms with Crippen LogP contribution in [0, 0.1) is 11.3 Å². The minimum atomic E-state index is 0.631. The normalized spacial score (nSPS) is 9.88. The number of nitrogens with zero attached hydrogens (tertiary/aromatic N) is 2. The number of hydrogen-bond acceptors (Lipinski definition) is 3. The van der Waals surface area contributed by atoms with Crippen molar-refractivity contribution in [2.24, 2.45) is 0 Å². The van der Waals surface area contributed by atoms with E-state index in [0.717, 1.165) is 16.3 Å². The Bertz CT molecular complexity index is 546. The Morgan fingerprint density at radius 2 is 2.06 bits per heavy atom. The number of halogens is 1. The van der Waals surface area contributed by atoms with Gasteiger partial charge in [-0.25, -0.2) is 4.98 Å². The van der Waals surface area contributed by atoms with Crippen molar-refractivity contribution in [2.75, 3.05) is 0 Å². The van der Waals surface area contributed by atoms with Gasteiger partial charge >= 0.3 is 0 Å². The lowest BCUT2D eigenvalue weighted by molar-refractivity contribution is 1.13. The second-order valence-corrected chi connectivity index (χ2v) is 4.80. The molecule has 0 aliphatic carbocycles. The molecule has 0 aliphatic rings. The molecular weight excluding hydrogens is 252 g/mol. The molecule has 17 heavy (non-hydrogen) atoms. The van der Waals surface area contributed by atoms with Gasteiger partial charge in [0.1, 0.15) is 0 Å². The summed E-state index contributed by atoms with van der Waals surface area (Å²) in [5.41, 5.74) is 1.74. The molecule has 0 saturated carbocycles. The number of rotatable bonds is 3. The molecule has 2 aromatic rings. The van der Waals surface area contributed by atoms with Gasteiger partial charge in [0.15, 0.2) is 0 Å². The van der Waals surface area contributed by atoms with Crippen LogP contribution in [0.4, 0.5) is 0 Å². The first-order chi connectivity index (χ1) is 8.29. The molecule has 0 spiro atoms. The molecule has 0 fully saturated rings. The molecule has 0 aliphatic heterocycles. The highest BCUT2D eigenvalue weighted by Gasteiger charge is 2.02. The van der Waals surface area contributed by atoms with E-state index >= 15 is 0 Å². The second-order valence-electron chi connectivity index (χ2n) is 3.37. The molecule has 0 amide bonds. The third kappa shape index (κ3) is 3.23. The fraction of sp³-hybridized carbons (Fsp3) is 0.0769. The highest BCUT2D eigenvalue weighted by molar-refractivity contribution is 7.98. The molecule has 0 saturated heterocycles. The van der Waals surface area contributed by atoms with Crippen LogP contribution < -0.4 is 0 Å². The van der Waals surface area contributed by atoms with E-state index < -0.39 is 0 Å². The number of hydrogen-bond donors (Lipinski definition) is 0. The average Bonchev–Trinajstić information content (AvgIpc) is 2.38. The van der Waals surface area contributed by atoms with Crippen molar-refractivity contribution in [2.45, 2.75) is 10.8 Å². The highest BCUT2D eigenvalue weighted by Crippen LogP contribution is 2.23. The topological polar surface area (TPSA) is 36.7 Å². The number of nitriles is 1. The third-order valence-corrected chi connectivity index (χ3v) is 3.43. The molecule has 2 rings (SSSR count). The van der Waals surface area contributed by atoms with Crippen LogP contribution in [-0.4, -0.2) is 4.98 Å². The third-order valence-electron chi connectivity index (χ3n) is 2.21. The van der Waals surface area contributed by atoms with Crippen LogP contribution in [0.5, 0.6) is 0 Å². The SMILES string of the molecule is N#Cc1ccccc1CSc1ccc(Cl)cn1. The van der Waals surface area contributed by atoms with Gasteiger partial charge in [-0.2, -0.15) is 5.26 Å². The Hall–Kier alpha value is -1.50. The lowest BCUT2D eigenvalue weighted by Gasteiger charge is -2.03. The van der Waals surface area contributed by atoms with Gasteiger partial charge in [0.05, 0.1) is 21.7 Å². The summed E-state index contributed by atoms with van der Waals surface area (Å²) in [6.45, 7) is 0. The van der Waals surface area contributed by atoms with E-state index in [0.29, 0.717) is 10.6 Å². The van der Waals surface area contributed by atoms with Crippen LogP contribution in [0.15, 0.2) is 47.6 Å². The van der Waals surface area contributed by atoms with Gasteiger partial charge < -0.3 is 0 Å². The van der Waals surface area contributed by atoms with Crippen molar-refractivity contribution in [3.63, 3.8) is 0 Å². The summed E-state index contributed by atoms with van der Waals surface area (Å²) in [4.78, 5) is 4.20. The molecule has 0 bridgehead atoms. The maximum absolute atomic E-state index is 8.96. The fourth-order valence-electron chi connectivity index (χ4n) is 1.35. The van der Waals surface area contributed by atoms with E-state index in [4.69, 9.17) is 16.9 Å².